The topological polar surface area (TPSA) is 97.8 Å². The van der Waals surface area contributed by atoms with Crippen molar-refractivity contribution in [1.29, 1.82) is 0 Å². The number of thiazole rings is 1. The van der Waals surface area contributed by atoms with Crippen molar-refractivity contribution >= 4 is 27.3 Å². The Morgan fingerprint density at radius 1 is 1.16 bits per heavy atom. The highest BCUT2D eigenvalue weighted by Gasteiger charge is 2.28. The lowest BCUT2D eigenvalue weighted by Gasteiger charge is -2.27. The van der Waals surface area contributed by atoms with E-state index in [2.05, 4.69) is 10.3 Å². The maximum Gasteiger partial charge on any atom is 0.271 e. The lowest BCUT2D eigenvalue weighted by Crippen LogP contribution is -2.41. The number of amides is 1. The first-order valence-electron chi connectivity index (χ1n) is 10.0. The van der Waals surface area contributed by atoms with Crippen LogP contribution in [0.2, 0.25) is 0 Å². The number of morpholine rings is 1. The fourth-order valence-corrected chi connectivity index (χ4v) is 5.77. The lowest BCUT2D eigenvalue weighted by molar-refractivity contribution is 0.0730. The highest BCUT2D eigenvalue weighted by molar-refractivity contribution is 7.89. The third kappa shape index (κ3) is 4.83. The highest BCUT2D eigenvalue weighted by atomic mass is 32.2. The molecule has 32 heavy (non-hydrogen) atoms. The van der Waals surface area contributed by atoms with Crippen molar-refractivity contribution in [1.82, 2.24) is 14.6 Å². The standard InChI is InChI=1S/C22H23N3O5S2/c1-29-18-8-6-16(7-9-18)22-24-19(15-31-22)21(26)23-14-17-4-2-3-5-20(17)32(27,28)25-10-12-30-13-11-25/h2-9,15H,10-14H2,1H3,(H,23,26). The second kappa shape index (κ2) is 9.78. The molecule has 0 unspecified atom stereocenters. The third-order valence-electron chi connectivity index (χ3n) is 5.07. The largest absolute Gasteiger partial charge is 0.497 e. The number of methoxy groups -OCH3 is 1. The van der Waals surface area contributed by atoms with Crippen LogP contribution in [0.15, 0.2) is 58.8 Å². The summed E-state index contributed by atoms with van der Waals surface area (Å²) in [5.41, 5.74) is 1.70. The van der Waals surface area contributed by atoms with Crippen LogP contribution >= 0.6 is 11.3 Å². The van der Waals surface area contributed by atoms with Gasteiger partial charge in [-0.3, -0.25) is 4.79 Å². The zero-order chi connectivity index (χ0) is 22.6. The number of rotatable bonds is 7. The number of aromatic nitrogens is 1. The van der Waals surface area contributed by atoms with Crippen LogP contribution < -0.4 is 10.1 Å². The minimum absolute atomic E-state index is 0.0774. The second-order valence-corrected chi connectivity index (χ2v) is 9.84. The Balaban J connectivity index is 1.46. The number of nitrogens with one attached hydrogen (secondary N) is 1. The van der Waals surface area contributed by atoms with Crippen molar-refractivity contribution in [2.75, 3.05) is 33.4 Å². The van der Waals surface area contributed by atoms with Gasteiger partial charge in [0.15, 0.2) is 0 Å². The van der Waals surface area contributed by atoms with Crippen LogP contribution in [0.4, 0.5) is 0 Å². The monoisotopic (exact) mass is 473 g/mol. The molecule has 1 fully saturated rings. The molecule has 0 radical (unpaired) electrons. The molecule has 0 aliphatic carbocycles. The fourth-order valence-electron chi connectivity index (χ4n) is 3.34. The van der Waals surface area contributed by atoms with Crippen molar-refractivity contribution in [3.63, 3.8) is 0 Å². The number of carbonyl (C=O) groups is 1. The fraction of sp³-hybridized carbons (Fsp3) is 0.273. The molecule has 0 spiro atoms. The van der Waals surface area contributed by atoms with Crippen molar-refractivity contribution in [3.8, 4) is 16.3 Å². The van der Waals surface area contributed by atoms with E-state index >= 15 is 0 Å². The smallest absolute Gasteiger partial charge is 0.271 e. The van der Waals surface area contributed by atoms with Gasteiger partial charge in [0.1, 0.15) is 16.5 Å². The van der Waals surface area contributed by atoms with Crippen LogP contribution in [0.5, 0.6) is 5.75 Å². The van der Waals surface area contributed by atoms with Gasteiger partial charge in [0.25, 0.3) is 5.91 Å². The summed E-state index contributed by atoms with van der Waals surface area (Å²) in [6, 6.07) is 14.1. The average Bonchev–Trinajstić information content (AvgIpc) is 3.34. The summed E-state index contributed by atoms with van der Waals surface area (Å²) >= 11 is 1.37. The van der Waals surface area contributed by atoms with E-state index in [0.717, 1.165) is 11.3 Å². The van der Waals surface area contributed by atoms with Gasteiger partial charge in [-0.15, -0.1) is 11.3 Å². The molecule has 1 saturated heterocycles. The summed E-state index contributed by atoms with van der Waals surface area (Å²) in [5.74, 6) is 0.383. The van der Waals surface area contributed by atoms with E-state index in [9.17, 15) is 13.2 Å². The van der Waals surface area contributed by atoms with Crippen LogP contribution in [0.1, 0.15) is 16.1 Å². The highest BCUT2D eigenvalue weighted by Crippen LogP contribution is 2.26. The molecule has 1 aromatic heterocycles. The Morgan fingerprint density at radius 3 is 2.59 bits per heavy atom. The van der Waals surface area contributed by atoms with Crippen LogP contribution in [-0.2, 0) is 21.3 Å². The van der Waals surface area contributed by atoms with Gasteiger partial charge >= 0.3 is 0 Å². The van der Waals surface area contributed by atoms with Crippen LogP contribution in [0.3, 0.4) is 0 Å². The maximum absolute atomic E-state index is 13.1. The molecule has 2 aromatic carbocycles. The van der Waals surface area contributed by atoms with E-state index in [1.54, 1.807) is 36.8 Å². The molecule has 168 valence electrons. The summed E-state index contributed by atoms with van der Waals surface area (Å²) in [7, 11) is -2.06. The number of hydrogen-bond donors (Lipinski definition) is 1. The molecule has 2 heterocycles. The van der Waals surface area contributed by atoms with Gasteiger partial charge in [0, 0.05) is 30.6 Å². The van der Waals surface area contributed by atoms with E-state index in [1.807, 2.05) is 24.3 Å². The van der Waals surface area contributed by atoms with E-state index in [4.69, 9.17) is 9.47 Å². The summed E-state index contributed by atoms with van der Waals surface area (Å²) < 4.78 is 38.0. The van der Waals surface area contributed by atoms with E-state index in [-0.39, 0.29) is 23.0 Å². The van der Waals surface area contributed by atoms with Gasteiger partial charge in [-0.2, -0.15) is 4.31 Å². The van der Waals surface area contributed by atoms with Crippen LogP contribution in [0, 0.1) is 0 Å². The SMILES string of the molecule is COc1ccc(-c2nc(C(=O)NCc3ccccc3S(=O)(=O)N3CCOCC3)cs2)cc1. The summed E-state index contributed by atoms with van der Waals surface area (Å²) in [4.78, 5) is 17.3. The van der Waals surface area contributed by atoms with Gasteiger partial charge in [-0.25, -0.2) is 13.4 Å². The van der Waals surface area contributed by atoms with Gasteiger partial charge in [0.05, 0.1) is 25.2 Å². The predicted octanol–water partition coefficient (Wildman–Crippen LogP) is 2.77. The first-order valence-corrected chi connectivity index (χ1v) is 12.3. The molecule has 4 rings (SSSR count). The lowest BCUT2D eigenvalue weighted by atomic mass is 10.2. The molecule has 1 aliphatic heterocycles. The number of carbonyl (C=O) groups excluding carboxylic acids is 1. The maximum atomic E-state index is 13.1. The Bertz CT molecular complexity index is 1190. The first-order chi connectivity index (χ1) is 15.5. The number of ether oxygens (including phenoxy) is 2. The minimum atomic E-state index is -3.66. The number of benzene rings is 2. The first kappa shape index (κ1) is 22.4. The van der Waals surface area contributed by atoms with Gasteiger partial charge in [-0.1, -0.05) is 18.2 Å². The van der Waals surface area contributed by atoms with E-state index < -0.39 is 10.0 Å². The molecular weight excluding hydrogens is 450 g/mol. The Morgan fingerprint density at radius 2 is 1.88 bits per heavy atom. The summed E-state index contributed by atoms with van der Waals surface area (Å²) in [6.45, 7) is 1.46. The molecular formula is C22H23N3O5S2. The molecule has 10 heteroatoms. The molecule has 3 aromatic rings. The molecule has 1 aliphatic rings. The molecule has 0 atom stereocenters. The van der Waals surface area contributed by atoms with Gasteiger partial charge in [-0.05, 0) is 35.9 Å². The number of hydrogen-bond acceptors (Lipinski definition) is 7. The van der Waals surface area contributed by atoms with Crippen molar-refractivity contribution in [2.24, 2.45) is 0 Å². The third-order valence-corrected chi connectivity index (χ3v) is 7.96. The summed E-state index contributed by atoms with van der Waals surface area (Å²) in [6.07, 6.45) is 0. The van der Waals surface area contributed by atoms with Gasteiger partial charge in [0.2, 0.25) is 10.0 Å². The van der Waals surface area contributed by atoms with Gasteiger partial charge < -0.3 is 14.8 Å². The Kier molecular flexibility index (Phi) is 6.85. The zero-order valence-corrected chi connectivity index (χ0v) is 19.1. The average molecular weight is 474 g/mol. The summed E-state index contributed by atoms with van der Waals surface area (Å²) in [5, 5.41) is 5.19. The van der Waals surface area contributed by atoms with Crippen molar-refractivity contribution < 1.29 is 22.7 Å². The second-order valence-electron chi connectivity index (χ2n) is 7.07. The van der Waals surface area contributed by atoms with E-state index in [0.29, 0.717) is 36.9 Å². The number of nitrogens with zero attached hydrogens (tertiary/aromatic N) is 2. The van der Waals surface area contributed by atoms with Crippen LogP contribution in [0.25, 0.3) is 10.6 Å². The quantitative estimate of drug-likeness (QED) is 0.567. The molecule has 1 amide bonds. The number of sulfonamides is 1. The Hall–Kier alpha value is -2.79. The molecule has 0 saturated carbocycles. The van der Waals surface area contributed by atoms with E-state index in [1.165, 1.54) is 15.6 Å². The minimum Gasteiger partial charge on any atom is -0.497 e. The van der Waals surface area contributed by atoms with Crippen molar-refractivity contribution in [2.45, 2.75) is 11.4 Å². The molecule has 0 bridgehead atoms. The van der Waals surface area contributed by atoms with Crippen molar-refractivity contribution in [3.05, 3.63) is 65.2 Å². The Labute approximate surface area is 190 Å². The van der Waals surface area contributed by atoms with Crippen LogP contribution in [-0.4, -0.2) is 57.0 Å². The predicted molar refractivity (Wildman–Crippen MR) is 121 cm³/mol. The molecule has 8 nitrogen and oxygen atoms in total. The molecule has 1 N–H and O–H groups in total. The normalized spacial score (nSPS) is 14.8. The zero-order valence-electron chi connectivity index (χ0n) is 17.5.